The second kappa shape index (κ2) is 5.02. The van der Waals surface area contributed by atoms with Crippen LogP contribution in [0.25, 0.3) is 22.4 Å². The van der Waals surface area contributed by atoms with E-state index in [4.69, 9.17) is 9.10 Å². The Labute approximate surface area is 141 Å². The van der Waals surface area contributed by atoms with Crippen LogP contribution in [0.3, 0.4) is 0 Å². The summed E-state index contributed by atoms with van der Waals surface area (Å²) in [5.74, 6) is 0. The van der Waals surface area contributed by atoms with Gasteiger partial charge < -0.3 is 0 Å². The molecule has 4 rings (SSSR count). The van der Waals surface area contributed by atoms with Crippen molar-refractivity contribution in [1.82, 2.24) is 4.98 Å². The highest BCUT2D eigenvalue weighted by Crippen LogP contribution is 2.41. The Hall–Kier alpha value is -2.48. The van der Waals surface area contributed by atoms with Crippen molar-refractivity contribution in [1.29, 1.82) is 0 Å². The summed E-state index contributed by atoms with van der Waals surface area (Å²) in [6.45, 7) is 2.07. The van der Waals surface area contributed by atoms with Gasteiger partial charge in [-0.05, 0) is 55.6 Å². The van der Waals surface area contributed by atoms with Crippen LogP contribution in [0, 0.1) is 20.7 Å². The van der Waals surface area contributed by atoms with E-state index in [1.54, 1.807) is 12.3 Å². The highest BCUT2D eigenvalue weighted by atomic mass is 14.9. The van der Waals surface area contributed by atoms with Gasteiger partial charge in [0, 0.05) is 39.0 Å². The van der Waals surface area contributed by atoms with Crippen molar-refractivity contribution in [3.05, 3.63) is 70.7 Å². The maximum atomic E-state index is 7.60. The summed E-state index contributed by atoms with van der Waals surface area (Å²) in [5, 5.41) is 0. The monoisotopic (exact) mass is 304 g/mol. The summed E-state index contributed by atoms with van der Waals surface area (Å²) in [4.78, 5) is 4.70. The van der Waals surface area contributed by atoms with Crippen LogP contribution in [-0.2, 0) is 13.5 Å². The number of aromatic nitrogens is 2. The SMILES string of the molecule is [2H]C([2H])([2H])c1ccc(-c2ccc3c(c2C)-c2ccc(C)nc2C3)[n+](C)c1. The van der Waals surface area contributed by atoms with Gasteiger partial charge in [0.2, 0.25) is 5.69 Å². The van der Waals surface area contributed by atoms with Crippen molar-refractivity contribution >= 4 is 0 Å². The maximum absolute atomic E-state index is 7.60. The number of rotatable bonds is 1. The summed E-state index contributed by atoms with van der Waals surface area (Å²) in [6.07, 6.45) is 2.57. The van der Waals surface area contributed by atoms with Crippen LogP contribution in [0.4, 0.5) is 0 Å². The average molecular weight is 304 g/mol. The predicted octanol–water partition coefficient (Wildman–Crippen LogP) is 4.07. The average Bonchev–Trinajstić information content (AvgIpc) is 2.93. The Morgan fingerprint density at radius 3 is 2.65 bits per heavy atom. The van der Waals surface area contributed by atoms with Crippen LogP contribution in [0.5, 0.6) is 0 Å². The van der Waals surface area contributed by atoms with E-state index in [1.807, 2.05) is 24.6 Å². The predicted molar refractivity (Wildman–Crippen MR) is 93.3 cm³/mol. The van der Waals surface area contributed by atoms with Crippen LogP contribution >= 0.6 is 0 Å². The fourth-order valence-electron chi connectivity index (χ4n) is 3.61. The molecule has 114 valence electrons. The van der Waals surface area contributed by atoms with Crippen LogP contribution in [0.2, 0.25) is 0 Å². The Bertz CT molecular complexity index is 1040. The van der Waals surface area contributed by atoms with Gasteiger partial charge >= 0.3 is 0 Å². The zero-order valence-electron chi connectivity index (χ0n) is 16.6. The number of fused-ring (bicyclic) bond motifs is 3. The first-order chi connectivity index (χ1) is 12.3. The van der Waals surface area contributed by atoms with Crippen LogP contribution in [0.15, 0.2) is 42.6 Å². The molecule has 1 aliphatic carbocycles. The number of aryl methyl sites for hydroxylation is 3. The van der Waals surface area contributed by atoms with E-state index in [1.165, 1.54) is 22.3 Å². The van der Waals surface area contributed by atoms with Gasteiger partial charge in [-0.3, -0.25) is 4.98 Å². The van der Waals surface area contributed by atoms with Crippen molar-refractivity contribution in [2.24, 2.45) is 7.05 Å². The second-order valence-electron chi connectivity index (χ2n) is 6.31. The summed E-state index contributed by atoms with van der Waals surface area (Å²) in [7, 11) is 1.90. The standard InChI is InChI=1S/C21H21N2/c1-13-5-10-20(23(4)12-13)17-9-7-16-11-19-18(21(16)15(17)3)8-6-14(2)22-19/h5-10,12H,11H2,1-4H3/q+1/i1D3. The van der Waals surface area contributed by atoms with Crippen molar-refractivity contribution < 1.29 is 8.68 Å². The molecule has 0 amide bonds. The number of nitrogens with zero attached hydrogens (tertiary/aromatic N) is 2. The van der Waals surface area contributed by atoms with Gasteiger partial charge in [0.1, 0.15) is 7.05 Å². The molecule has 0 saturated carbocycles. The summed E-state index contributed by atoms with van der Waals surface area (Å²) in [5.41, 5.74) is 9.67. The molecule has 1 aliphatic rings. The fourth-order valence-corrected chi connectivity index (χ4v) is 3.61. The highest BCUT2D eigenvalue weighted by Gasteiger charge is 2.25. The van der Waals surface area contributed by atoms with Crippen molar-refractivity contribution in [3.8, 4) is 22.4 Å². The fraction of sp³-hybridized carbons (Fsp3) is 0.238. The third-order valence-electron chi connectivity index (χ3n) is 4.70. The molecule has 2 heterocycles. The van der Waals surface area contributed by atoms with E-state index in [0.29, 0.717) is 5.56 Å². The minimum Gasteiger partial charge on any atom is -0.257 e. The zero-order valence-corrected chi connectivity index (χ0v) is 13.6. The Kier molecular flexibility index (Phi) is 2.43. The Morgan fingerprint density at radius 2 is 1.87 bits per heavy atom. The van der Waals surface area contributed by atoms with Gasteiger partial charge in [0.25, 0.3) is 0 Å². The van der Waals surface area contributed by atoms with Gasteiger partial charge in [-0.25, -0.2) is 4.57 Å². The van der Waals surface area contributed by atoms with E-state index in [0.717, 1.165) is 29.1 Å². The molecule has 0 fully saturated rings. The third-order valence-corrected chi connectivity index (χ3v) is 4.70. The lowest BCUT2D eigenvalue weighted by Crippen LogP contribution is -2.31. The molecule has 0 radical (unpaired) electrons. The molecule has 0 N–H and O–H groups in total. The van der Waals surface area contributed by atoms with Crippen LogP contribution in [-0.4, -0.2) is 4.98 Å². The van der Waals surface area contributed by atoms with Crippen LogP contribution in [0.1, 0.15) is 32.2 Å². The lowest BCUT2D eigenvalue weighted by atomic mass is 9.94. The molecular weight excluding hydrogens is 280 g/mol. The van der Waals surface area contributed by atoms with E-state index in [-0.39, 0.29) is 0 Å². The first kappa shape index (κ1) is 11.1. The number of benzene rings is 1. The maximum Gasteiger partial charge on any atom is 0.212 e. The van der Waals surface area contributed by atoms with Crippen molar-refractivity contribution in [2.45, 2.75) is 27.1 Å². The summed E-state index contributed by atoms with van der Waals surface area (Å²) >= 11 is 0. The van der Waals surface area contributed by atoms with Crippen molar-refractivity contribution in [3.63, 3.8) is 0 Å². The number of pyridine rings is 2. The molecule has 2 nitrogen and oxygen atoms in total. The summed E-state index contributed by atoms with van der Waals surface area (Å²) < 4.78 is 24.7. The number of hydrogen-bond donors (Lipinski definition) is 0. The third kappa shape index (κ3) is 2.17. The Morgan fingerprint density at radius 1 is 1.04 bits per heavy atom. The summed E-state index contributed by atoms with van der Waals surface area (Å²) in [6, 6.07) is 12.1. The Balaban J connectivity index is 1.86. The quantitative estimate of drug-likeness (QED) is 0.484. The highest BCUT2D eigenvalue weighted by molar-refractivity contribution is 5.83. The molecular formula is C21H21N2+. The normalized spacial score (nSPS) is 14.7. The van der Waals surface area contributed by atoms with Gasteiger partial charge in [-0.15, -0.1) is 0 Å². The molecule has 0 aliphatic heterocycles. The molecule has 1 aromatic carbocycles. The lowest BCUT2D eigenvalue weighted by Gasteiger charge is -2.11. The second-order valence-corrected chi connectivity index (χ2v) is 6.31. The minimum absolute atomic E-state index is 0.354. The molecule has 0 bridgehead atoms. The van der Waals surface area contributed by atoms with E-state index in [2.05, 4.69) is 31.2 Å². The molecule has 0 unspecified atom stereocenters. The molecule has 3 aromatic rings. The molecule has 23 heavy (non-hydrogen) atoms. The first-order valence-electron chi connectivity index (χ1n) is 9.35. The smallest absolute Gasteiger partial charge is 0.212 e. The minimum atomic E-state index is -2.09. The van der Waals surface area contributed by atoms with Gasteiger partial charge in [-0.2, -0.15) is 0 Å². The zero-order chi connectivity index (χ0) is 18.6. The van der Waals surface area contributed by atoms with Gasteiger partial charge in [0.05, 0.1) is 5.69 Å². The van der Waals surface area contributed by atoms with Gasteiger partial charge in [0.15, 0.2) is 6.20 Å². The largest absolute Gasteiger partial charge is 0.257 e. The molecule has 0 atom stereocenters. The topological polar surface area (TPSA) is 16.8 Å². The van der Waals surface area contributed by atoms with E-state index >= 15 is 0 Å². The molecule has 0 saturated heterocycles. The lowest BCUT2D eigenvalue weighted by molar-refractivity contribution is -0.660. The number of hydrogen-bond acceptors (Lipinski definition) is 1. The molecule has 2 aromatic heterocycles. The molecule has 0 spiro atoms. The first-order valence-corrected chi connectivity index (χ1v) is 7.85. The van der Waals surface area contributed by atoms with E-state index in [9.17, 15) is 0 Å². The van der Waals surface area contributed by atoms with Crippen molar-refractivity contribution in [2.75, 3.05) is 0 Å². The van der Waals surface area contributed by atoms with Crippen LogP contribution < -0.4 is 4.57 Å². The van der Waals surface area contributed by atoms with Gasteiger partial charge in [-0.1, -0.05) is 12.1 Å². The molecule has 2 heteroatoms. The van der Waals surface area contributed by atoms with E-state index < -0.39 is 6.85 Å².